The zero-order chi connectivity index (χ0) is 12.1. The van der Waals surface area contributed by atoms with Gasteiger partial charge in [-0.1, -0.05) is 31.2 Å². The van der Waals surface area contributed by atoms with Crippen molar-refractivity contribution < 1.29 is 14.7 Å². The van der Waals surface area contributed by atoms with E-state index in [0.29, 0.717) is 6.42 Å². The van der Waals surface area contributed by atoms with Crippen LogP contribution in [0.3, 0.4) is 0 Å². The fourth-order valence-electron chi connectivity index (χ4n) is 1.44. The summed E-state index contributed by atoms with van der Waals surface area (Å²) in [6.45, 7) is 1.67. The number of carbonyl (C=O) groups excluding carboxylic acids is 1. The number of carbonyl (C=O) groups is 2. The lowest BCUT2D eigenvalue weighted by Crippen LogP contribution is -2.14. The van der Waals surface area contributed by atoms with E-state index in [1.54, 1.807) is 19.1 Å². The molecule has 1 rings (SSSR count). The summed E-state index contributed by atoms with van der Waals surface area (Å²) in [5.74, 6) is -1.57. The summed E-state index contributed by atoms with van der Waals surface area (Å²) < 4.78 is 0. The molecule has 0 aromatic heterocycles. The molecule has 0 radical (unpaired) electrons. The molecule has 0 bridgehead atoms. The summed E-state index contributed by atoms with van der Waals surface area (Å²) in [5, 5.41) is 8.76. The standard InChI is InChI=1S/C12H15NO3/c1-8(12(15)16)6-9-2-4-10(5-3-9)7-11(13)14/h2-5,8H,6-7H2,1H3,(H2,13,14)(H,15,16)/t8-/m0/s1. The first kappa shape index (κ1) is 12.2. The highest BCUT2D eigenvalue weighted by molar-refractivity contribution is 5.76. The van der Waals surface area contributed by atoms with Crippen molar-refractivity contribution in [1.29, 1.82) is 0 Å². The van der Waals surface area contributed by atoms with Gasteiger partial charge in [0.25, 0.3) is 0 Å². The summed E-state index contributed by atoms with van der Waals surface area (Å²) in [6, 6.07) is 7.26. The molecule has 0 saturated heterocycles. The van der Waals surface area contributed by atoms with E-state index in [1.807, 2.05) is 12.1 Å². The van der Waals surface area contributed by atoms with E-state index in [2.05, 4.69) is 0 Å². The van der Waals surface area contributed by atoms with Crippen LogP contribution in [0, 0.1) is 5.92 Å². The van der Waals surface area contributed by atoms with Gasteiger partial charge in [0.2, 0.25) is 5.91 Å². The van der Waals surface area contributed by atoms with Crippen LogP contribution in [-0.2, 0) is 22.4 Å². The van der Waals surface area contributed by atoms with Crippen LogP contribution in [0.25, 0.3) is 0 Å². The van der Waals surface area contributed by atoms with Crippen LogP contribution in [0.15, 0.2) is 24.3 Å². The monoisotopic (exact) mass is 221 g/mol. The van der Waals surface area contributed by atoms with Crippen molar-refractivity contribution in [3.8, 4) is 0 Å². The summed E-state index contributed by atoms with van der Waals surface area (Å²) in [6.07, 6.45) is 0.709. The molecular formula is C12H15NO3. The van der Waals surface area contributed by atoms with Crippen LogP contribution in [0.4, 0.5) is 0 Å². The lowest BCUT2D eigenvalue weighted by Gasteiger charge is -2.06. The summed E-state index contributed by atoms with van der Waals surface area (Å²) >= 11 is 0. The molecule has 0 aliphatic carbocycles. The van der Waals surface area contributed by atoms with Crippen LogP contribution in [0.5, 0.6) is 0 Å². The van der Waals surface area contributed by atoms with Gasteiger partial charge in [-0.2, -0.15) is 0 Å². The normalized spacial score (nSPS) is 12.1. The molecule has 1 aromatic carbocycles. The molecule has 3 N–H and O–H groups in total. The highest BCUT2D eigenvalue weighted by atomic mass is 16.4. The Bertz CT molecular complexity index is 384. The van der Waals surface area contributed by atoms with Crippen LogP contribution < -0.4 is 5.73 Å². The minimum absolute atomic E-state index is 0.217. The van der Waals surface area contributed by atoms with Gasteiger partial charge in [-0.05, 0) is 17.5 Å². The first-order valence-electron chi connectivity index (χ1n) is 5.08. The zero-order valence-corrected chi connectivity index (χ0v) is 9.14. The summed E-state index contributed by atoms with van der Waals surface area (Å²) in [7, 11) is 0. The molecule has 86 valence electrons. The van der Waals surface area contributed by atoms with E-state index in [0.717, 1.165) is 11.1 Å². The highest BCUT2D eigenvalue weighted by Crippen LogP contribution is 2.10. The molecule has 0 aliphatic rings. The Kier molecular flexibility index (Phi) is 4.05. The Morgan fingerprint density at radius 2 is 1.75 bits per heavy atom. The topological polar surface area (TPSA) is 80.4 Å². The number of aliphatic carboxylic acids is 1. The molecule has 1 amide bonds. The van der Waals surface area contributed by atoms with Gasteiger partial charge in [-0.25, -0.2) is 0 Å². The van der Waals surface area contributed by atoms with Crippen LogP contribution in [0.1, 0.15) is 18.1 Å². The van der Waals surface area contributed by atoms with Gasteiger partial charge in [0.15, 0.2) is 0 Å². The Morgan fingerprint density at radius 1 is 1.25 bits per heavy atom. The minimum atomic E-state index is -0.804. The fraction of sp³-hybridized carbons (Fsp3) is 0.333. The number of amides is 1. The third-order valence-electron chi connectivity index (χ3n) is 2.36. The third kappa shape index (κ3) is 3.73. The Balaban J connectivity index is 2.64. The van der Waals surface area contributed by atoms with Gasteiger partial charge in [0.05, 0.1) is 12.3 Å². The Labute approximate surface area is 94.1 Å². The molecule has 0 fully saturated rings. The molecule has 1 aromatic rings. The number of benzene rings is 1. The maximum Gasteiger partial charge on any atom is 0.306 e. The van der Waals surface area contributed by atoms with Crippen molar-refractivity contribution >= 4 is 11.9 Å². The van der Waals surface area contributed by atoms with Gasteiger partial charge < -0.3 is 10.8 Å². The van der Waals surface area contributed by atoms with Crippen molar-refractivity contribution in [1.82, 2.24) is 0 Å². The molecule has 0 unspecified atom stereocenters. The van der Waals surface area contributed by atoms with Gasteiger partial charge in [-0.15, -0.1) is 0 Å². The van der Waals surface area contributed by atoms with Crippen molar-refractivity contribution in [3.63, 3.8) is 0 Å². The average Bonchev–Trinajstić information content (AvgIpc) is 2.20. The molecule has 0 saturated carbocycles. The fourth-order valence-corrected chi connectivity index (χ4v) is 1.44. The third-order valence-corrected chi connectivity index (χ3v) is 2.36. The van der Waals surface area contributed by atoms with E-state index in [1.165, 1.54) is 0 Å². The first-order chi connectivity index (χ1) is 7.49. The number of rotatable bonds is 5. The van der Waals surface area contributed by atoms with Gasteiger partial charge in [0, 0.05) is 0 Å². The largest absolute Gasteiger partial charge is 0.481 e. The molecular weight excluding hydrogens is 206 g/mol. The van der Waals surface area contributed by atoms with Gasteiger partial charge >= 0.3 is 5.97 Å². The van der Waals surface area contributed by atoms with Crippen molar-refractivity contribution in [3.05, 3.63) is 35.4 Å². The number of primary amides is 1. The number of hydrogen-bond acceptors (Lipinski definition) is 2. The van der Waals surface area contributed by atoms with E-state index in [9.17, 15) is 9.59 Å². The molecule has 0 spiro atoms. The second kappa shape index (κ2) is 5.30. The minimum Gasteiger partial charge on any atom is -0.481 e. The SMILES string of the molecule is C[C@@H](Cc1ccc(CC(N)=O)cc1)C(=O)O. The van der Waals surface area contributed by atoms with Crippen LogP contribution in [-0.4, -0.2) is 17.0 Å². The van der Waals surface area contributed by atoms with Crippen molar-refractivity contribution in [2.45, 2.75) is 19.8 Å². The zero-order valence-electron chi connectivity index (χ0n) is 9.14. The van der Waals surface area contributed by atoms with E-state index < -0.39 is 11.9 Å². The highest BCUT2D eigenvalue weighted by Gasteiger charge is 2.11. The van der Waals surface area contributed by atoms with Crippen molar-refractivity contribution in [2.24, 2.45) is 11.7 Å². The van der Waals surface area contributed by atoms with E-state index in [4.69, 9.17) is 10.8 Å². The maximum absolute atomic E-state index is 10.7. The molecule has 0 aliphatic heterocycles. The molecule has 0 heterocycles. The van der Waals surface area contributed by atoms with Crippen LogP contribution >= 0.6 is 0 Å². The second-order valence-corrected chi connectivity index (χ2v) is 3.90. The molecule has 4 heteroatoms. The Morgan fingerprint density at radius 3 is 2.19 bits per heavy atom. The van der Waals surface area contributed by atoms with Crippen molar-refractivity contribution in [2.75, 3.05) is 0 Å². The molecule has 16 heavy (non-hydrogen) atoms. The first-order valence-corrected chi connectivity index (χ1v) is 5.08. The van der Waals surface area contributed by atoms with Gasteiger partial charge in [-0.3, -0.25) is 9.59 Å². The maximum atomic E-state index is 10.7. The predicted molar refractivity (Wildman–Crippen MR) is 59.8 cm³/mol. The Hall–Kier alpha value is -1.84. The average molecular weight is 221 g/mol. The molecule has 4 nitrogen and oxygen atoms in total. The quantitative estimate of drug-likeness (QED) is 0.777. The summed E-state index contributed by atoms with van der Waals surface area (Å²) in [5.41, 5.74) is 6.86. The predicted octanol–water partition coefficient (Wildman–Crippen LogP) is 0.978. The number of carboxylic acids is 1. The number of carboxylic acid groups (broad SMARTS) is 1. The smallest absolute Gasteiger partial charge is 0.306 e. The summed E-state index contributed by atoms with van der Waals surface area (Å²) in [4.78, 5) is 21.3. The van der Waals surface area contributed by atoms with Gasteiger partial charge in [0.1, 0.15) is 0 Å². The number of nitrogens with two attached hydrogens (primary N) is 1. The number of hydrogen-bond donors (Lipinski definition) is 2. The molecule has 1 atom stereocenters. The van der Waals surface area contributed by atoms with E-state index in [-0.39, 0.29) is 12.3 Å². The van der Waals surface area contributed by atoms with Crippen LogP contribution in [0.2, 0.25) is 0 Å². The lowest BCUT2D eigenvalue weighted by atomic mass is 10.00. The lowest BCUT2D eigenvalue weighted by molar-refractivity contribution is -0.141. The van der Waals surface area contributed by atoms with E-state index >= 15 is 0 Å². The second-order valence-electron chi connectivity index (χ2n) is 3.90.